The number of aromatic amines is 1. The number of hydrogen-bond acceptors (Lipinski definition) is 8. The van der Waals surface area contributed by atoms with Crippen LogP contribution in [0.25, 0.3) is 22.4 Å². The number of nitrogens with zero attached hydrogens (tertiary/aromatic N) is 3. The van der Waals surface area contributed by atoms with E-state index < -0.39 is 35.5 Å². The highest BCUT2D eigenvalue weighted by molar-refractivity contribution is 5.87. The van der Waals surface area contributed by atoms with Gasteiger partial charge in [0, 0.05) is 31.3 Å². The van der Waals surface area contributed by atoms with E-state index in [1.54, 1.807) is 33.0 Å². The summed E-state index contributed by atoms with van der Waals surface area (Å²) in [5.41, 5.74) is 2.43. The van der Waals surface area contributed by atoms with Crippen LogP contribution in [0.3, 0.4) is 0 Å². The Bertz CT molecular complexity index is 1370. The van der Waals surface area contributed by atoms with Gasteiger partial charge in [0.1, 0.15) is 11.6 Å². The maximum absolute atomic E-state index is 12.9. The summed E-state index contributed by atoms with van der Waals surface area (Å²) in [6, 6.07) is 10.5. The Morgan fingerprint density at radius 2 is 2.05 bits per heavy atom. The summed E-state index contributed by atoms with van der Waals surface area (Å²) in [6.45, 7) is 6.13. The van der Waals surface area contributed by atoms with Gasteiger partial charge < -0.3 is 24.1 Å². The average Bonchev–Trinajstić information content (AvgIpc) is 3.06. The molecule has 0 spiro atoms. The Morgan fingerprint density at radius 3 is 2.76 bits per heavy atom. The number of H-pyrrole nitrogens is 1. The third-order valence-electron chi connectivity index (χ3n) is 5.72. The molecule has 0 radical (unpaired) electrons. The minimum absolute atomic E-state index is 0.0449. The van der Waals surface area contributed by atoms with Gasteiger partial charge in [-0.1, -0.05) is 24.3 Å². The average molecular weight is 508 g/mol. The Morgan fingerprint density at radius 1 is 1.30 bits per heavy atom. The zero-order chi connectivity index (χ0) is 26.6. The Hall–Kier alpha value is -4.17. The zero-order valence-electron chi connectivity index (χ0n) is 20.9. The normalized spacial score (nSPS) is 17.0. The zero-order valence-corrected chi connectivity index (χ0v) is 20.9. The van der Waals surface area contributed by atoms with Crippen LogP contribution >= 0.6 is 0 Å². The number of oxazole rings is 1. The van der Waals surface area contributed by atoms with Gasteiger partial charge in [-0.15, -0.1) is 0 Å². The molecule has 3 heterocycles. The minimum Gasteiger partial charge on any atom is -0.444 e. The van der Waals surface area contributed by atoms with E-state index in [9.17, 15) is 19.6 Å². The molecule has 0 saturated carbocycles. The van der Waals surface area contributed by atoms with E-state index in [0.717, 1.165) is 11.1 Å². The van der Waals surface area contributed by atoms with E-state index in [2.05, 4.69) is 21.4 Å². The molecule has 2 atom stereocenters. The third kappa shape index (κ3) is 6.54. The molecule has 2 aromatic heterocycles. The molecule has 194 valence electrons. The van der Waals surface area contributed by atoms with E-state index in [1.807, 2.05) is 24.3 Å². The summed E-state index contributed by atoms with van der Waals surface area (Å²) in [7, 11) is 0. The predicted molar refractivity (Wildman–Crippen MR) is 133 cm³/mol. The number of pyridine rings is 1. The highest BCUT2D eigenvalue weighted by atomic mass is 16.6. The molecule has 37 heavy (non-hydrogen) atoms. The molecule has 1 aliphatic heterocycles. The lowest BCUT2D eigenvalue weighted by molar-refractivity contribution is -0.133. The minimum atomic E-state index is -0.904. The molecule has 0 bridgehead atoms. The molecule has 11 heteroatoms. The number of hydrogen-bond donors (Lipinski definition) is 2. The van der Waals surface area contributed by atoms with Crippen LogP contribution in [0.15, 0.2) is 45.7 Å². The van der Waals surface area contributed by atoms with Gasteiger partial charge in [-0.25, -0.2) is 14.6 Å². The maximum Gasteiger partial charge on any atom is 0.418 e. The van der Waals surface area contributed by atoms with Gasteiger partial charge in [0.25, 0.3) is 5.91 Å². The van der Waals surface area contributed by atoms with E-state index in [0.29, 0.717) is 36.4 Å². The van der Waals surface area contributed by atoms with Gasteiger partial charge in [-0.05, 0) is 44.4 Å². The largest absolute Gasteiger partial charge is 0.444 e. The highest BCUT2D eigenvalue weighted by Gasteiger charge is 2.31. The third-order valence-corrected chi connectivity index (χ3v) is 5.72. The van der Waals surface area contributed by atoms with E-state index in [-0.39, 0.29) is 13.0 Å². The first-order chi connectivity index (χ1) is 17.6. The number of amides is 2. The second kappa shape index (κ2) is 10.8. The number of aromatic nitrogens is 2. The van der Waals surface area contributed by atoms with Crippen LogP contribution in [0.2, 0.25) is 0 Å². The first kappa shape index (κ1) is 25.9. The van der Waals surface area contributed by atoms with Gasteiger partial charge in [0.15, 0.2) is 17.3 Å². The molecular formula is C26H29N5O6. The van der Waals surface area contributed by atoms with E-state index >= 15 is 0 Å². The standard InChI is InChI=1S/C26H29N5O6/c1-26(2,3)37-25(34)31-11-4-12-35-20(15-31)23(32)29-18(14-27)13-16-5-7-17(8-6-16)19-9-10-28-22-21(19)36-24(33)30-22/h5-10,18,20H,4,11-13,15H2,1-3H3,(H,29,32)(H,28,30,33)/t18-,20-/m0/s1. The SMILES string of the molecule is CC(C)(C)OC(=O)N1CCCO[C@H](C(=O)N[C@H](C#N)Cc2ccc(-c3ccnc4[nH]c(=O)oc34)cc2)C1. The number of carbonyl (C=O) groups excluding carboxylic acids is 2. The van der Waals surface area contributed by atoms with Crippen LogP contribution in [0.1, 0.15) is 32.8 Å². The molecule has 2 amide bonds. The Kier molecular flexibility index (Phi) is 7.59. The van der Waals surface area contributed by atoms with Crippen molar-refractivity contribution in [2.24, 2.45) is 0 Å². The summed E-state index contributed by atoms with van der Waals surface area (Å²) in [5, 5.41) is 12.4. The van der Waals surface area contributed by atoms with Crippen LogP contribution < -0.4 is 11.1 Å². The van der Waals surface area contributed by atoms with Crippen LogP contribution in [0.4, 0.5) is 4.79 Å². The van der Waals surface area contributed by atoms with E-state index in [1.165, 1.54) is 4.90 Å². The lowest BCUT2D eigenvalue weighted by atomic mass is 10.0. The molecule has 1 fully saturated rings. The van der Waals surface area contributed by atoms with Gasteiger partial charge in [-0.2, -0.15) is 5.26 Å². The molecule has 11 nitrogen and oxygen atoms in total. The van der Waals surface area contributed by atoms with Crippen molar-refractivity contribution in [1.29, 1.82) is 5.26 Å². The number of rotatable bonds is 5. The van der Waals surface area contributed by atoms with Gasteiger partial charge in [-0.3, -0.25) is 9.78 Å². The smallest absolute Gasteiger partial charge is 0.418 e. The van der Waals surface area contributed by atoms with Crippen LogP contribution in [0, 0.1) is 11.3 Å². The lowest BCUT2D eigenvalue weighted by Gasteiger charge is -2.27. The van der Waals surface area contributed by atoms with Gasteiger partial charge >= 0.3 is 11.8 Å². The monoisotopic (exact) mass is 507 g/mol. The van der Waals surface area contributed by atoms with Crippen molar-refractivity contribution in [3.05, 3.63) is 52.6 Å². The molecular weight excluding hydrogens is 478 g/mol. The fourth-order valence-corrected chi connectivity index (χ4v) is 4.01. The fraction of sp³-hybridized carbons (Fsp3) is 0.423. The maximum atomic E-state index is 12.9. The predicted octanol–water partition coefficient (Wildman–Crippen LogP) is 2.76. The molecule has 0 unspecified atom stereocenters. The second-order valence-electron chi connectivity index (χ2n) is 9.78. The number of benzene rings is 1. The fourth-order valence-electron chi connectivity index (χ4n) is 4.01. The summed E-state index contributed by atoms with van der Waals surface area (Å²) in [5.74, 6) is -1.04. The molecule has 1 saturated heterocycles. The lowest BCUT2D eigenvalue weighted by Crippen LogP contribution is -2.48. The molecule has 2 N–H and O–H groups in total. The first-order valence-electron chi connectivity index (χ1n) is 12.0. The number of ether oxygens (including phenoxy) is 2. The first-order valence-corrected chi connectivity index (χ1v) is 12.0. The van der Waals surface area contributed by atoms with Crippen molar-refractivity contribution in [3.63, 3.8) is 0 Å². The van der Waals surface area contributed by atoms with Gasteiger partial charge in [0.05, 0.1) is 12.6 Å². The summed E-state index contributed by atoms with van der Waals surface area (Å²) < 4.78 is 16.3. The number of carbonyl (C=O) groups is 2. The molecule has 4 rings (SSSR count). The number of nitrogens with one attached hydrogen (secondary N) is 2. The van der Waals surface area contributed by atoms with E-state index in [4.69, 9.17) is 13.9 Å². The van der Waals surface area contributed by atoms with Crippen molar-refractivity contribution >= 4 is 23.2 Å². The van der Waals surface area contributed by atoms with Crippen molar-refractivity contribution in [3.8, 4) is 17.2 Å². The van der Waals surface area contributed by atoms with Crippen molar-refractivity contribution < 1.29 is 23.5 Å². The summed E-state index contributed by atoms with van der Waals surface area (Å²) >= 11 is 0. The quantitative estimate of drug-likeness (QED) is 0.535. The van der Waals surface area contributed by atoms with Crippen molar-refractivity contribution in [2.75, 3.05) is 19.7 Å². The van der Waals surface area contributed by atoms with Crippen LogP contribution in [-0.4, -0.2) is 64.3 Å². The summed E-state index contributed by atoms with van der Waals surface area (Å²) in [4.78, 5) is 45.1. The Labute approximate surface area is 213 Å². The number of fused-ring (bicyclic) bond motifs is 1. The highest BCUT2D eigenvalue weighted by Crippen LogP contribution is 2.26. The van der Waals surface area contributed by atoms with Crippen LogP contribution in [-0.2, 0) is 20.7 Å². The Balaban J connectivity index is 1.40. The van der Waals surface area contributed by atoms with Crippen molar-refractivity contribution in [1.82, 2.24) is 20.2 Å². The molecule has 0 aliphatic carbocycles. The molecule has 3 aromatic rings. The topological polar surface area (TPSA) is 151 Å². The van der Waals surface area contributed by atoms with Crippen LogP contribution in [0.5, 0.6) is 0 Å². The summed E-state index contributed by atoms with van der Waals surface area (Å²) in [6.07, 6.45) is 1.03. The number of nitriles is 1. The second-order valence-corrected chi connectivity index (χ2v) is 9.78. The molecule has 1 aromatic carbocycles. The van der Waals surface area contributed by atoms with Gasteiger partial charge in [0.2, 0.25) is 0 Å². The molecule has 1 aliphatic rings. The van der Waals surface area contributed by atoms with Crippen molar-refractivity contribution in [2.45, 2.75) is 51.4 Å².